The Morgan fingerprint density at radius 2 is 2.27 bits per heavy atom. The standard InChI is InChI=1S/C17H27F3N4O2/c1-21-16(22-6-3-8-25-12-15-4-2-9-26-15)23-10-14-5-7-24(11-14)13-17(18,19)20/h2,4,9,14H,3,5-8,10-13H2,1H3,(H2,21,22,23). The van der Waals surface area contributed by atoms with Crippen LogP contribution < -0.4 is 10.6 Å². The highest BCUT2D eigenvalue weighted by Crippen LogP contribution is 2.22. The van der Waals surface area contributed by atoms with E-state index in [1.54, 1.807) is 13.3 Å². The lowest BCUT2D eigenvalue weighted by Gasteiger charge is -2.18. The molecule has 1 saturated heterocycles. The molecule has 0 aliphatic carbocycles. The largest absolute Gasteiger partial charge is 0.467 e. The second-order valence-electron chi connectivity index (χ2n) is 6.37. The molecule has 6 nitrogen and oxygen atoms in total. The number of guanidine groups is 1. The summed E-state index contributed by atoms with van der Waals surface area (Å²) < 4.78 is 47.9. The normalized spacial score (nSPS) is 19.1. The number of nitrogens with one attached hydrogen (secondary N) is 2. The summed E-state index contributed by atoms with van der Waals surface area (Å²) in [6.45, 7) is 2.49. The first-order valence-corrected chi connectivity index (χ1v) is 8.80. The van der Waals surface area contributed by atoms with Crippen LogP contribution in [0.25, 0.3) is 0 Å². The molecule has 0 saturated carbocycles. The van der Waals surface area contributed by atoms with Gasteiger partial charge in [-0.05, 0) is 37.4 Å². The van der Waals surface area contributed by atoms with Crippen molar-refractivity contribution in [3.8, 4) is 0 Å². The number of halogens is 3. The third-order valence-corrected chi connectivity index (χ3v) is 4.14. The van der Waals surface area contributed by atoms with Crippen LogP contribution in [0.3, 0.4) is 0 Å². The molecule has 0 aromatic carbocycles. The Balaban J connectivity index is 1.52. The summed E-state index contributed by atoms with van der Waals surface area (Å²) in [7, 11) is 1.67. The van der Waals surface area contributed by atoms with E-state index in [1.807, 2.05) is 12.1 Å². The number of nitrogens with zero attached hydrogens (tertiary/aromatic N) is 2. The zero-order valence-electron chi connectivity index (χ0n) is 15.0. The van der Waals surface area contributed by atoms with E-state index in [0.717, 1.165) is 18.6 Å². The van der Waals surface area contributed by atoms with Crippen LogP contribution in [0.1, 0.15) is 18.6 Å². The number of hydrogen-bond acceptors (Lipinski definition) is 4. The quantitative estimate of drug-likeness (QED) is 0.393. The summed E-state index contributed by atoms with van der Waals surface area (Å²) in [4.78, 5) is 5.59. The SMILES string of the molecule is CN=C(NCCCOCc1ccco1)NCC1CCN(CC(F)(F)F)C1. The van der Waals surface area contributed by atoms with E-state index in [-0.39, 0.29) is 5.92 Å². The molecular formula is C17H27F3N4O2. The molecule has 0 radical (unpaired) electrons. The lowest BCUT2D eigenvalue weighted by atomic mass is 10.1. The van der Waals surface area contributed by atoms with Crippen molar-refractivity contribution in [1.29, 1.82) is 0 Å². The van der Waals surface area contributed by atoms with E-state index in [2.05, 4.69) is 15.6 Å². The molecule has 2 N–H and O–H groups in total. The molecule has 148 valence electrons. The number of aliphatic imine (C=N–C) groups is 1. The molecule has 2 heterocycles. The Kier molecular flexibility index (Phi) is 8.24. The number of rotatable bonds is 9. The topological polar surface area (TPSA) is 62.0 Å². The second kappa shape index (κ2) is 10.4. The maximum absolute atomic E-state index is 12.4. The van der Waals surface area contributed by atoms with E-state index in [1.165, 1.54) is 4.90 Å². The predicted molar refractivity (Wildman–Crippen MR) is 92.9 cm³/mol. The second-order valence-corrected chi connectivity index (χ2v) is 6.37. The van der Waals surface area contributed by atoms with Gasteiger partial charge in [-0.3, -0.25) is 9.89 Å². The summed E-state index contributed by atoms with van der Waals surface area (Å²) in [5.74, 6) is 1.66. The molecule has 1 aliphatic heterocycles. The van der Waals surface area contributed by atoms with Gasteiger partial charge >= 0.3 is 6.18 Å². The zero-order chi connectivity index (χ0) is 18.8. The Morgan fingerprint density at radius 1 is 1.42 bits per heavy atom. The maximum atomic E-state index is 12.4. The van der Waals surface area contributed by atoms with Gasteiger partial charge in [-0.2, -0.15) is 13.2 Å². The molecule has 1 unspecified atom stereocenters. The molecule has 2 rings (SSSR count). The summed E-state index contributed by atoms with van der Waals surface area (Å²) >= 11 is 0. The van der Waals surface area contributed by atoms with Gasteiger partial charge in [0.15, 0.2) is 5.96 Å². The molecule has 1 atom stereocenters. The highest BCUT2D eigenvalue weighted by molar-refractivity contribution is 5.79. The molecular weight excluding hydrogens is 349 g/mol. The van der Waals surface area contributed by atoms with Crippen molar-refractivity contribution in [2.45, 2.75) is 25.6 Å². The summed E-state index contributed by atoms with van der Waals surface area (Å²) in [5, 5.41) is 6.36. The lowest BCUT2D eigenvalue weighted by Crippen LogP contribution is -2.41. The van der Waals surface area contributed by atoms with Crippen molar-refractivity contribution in [3.05, 3.63) is 24.2 Å². The fraction of sp³-hybridized carbons (Fsp3) is 0.706. The average Bonchev–Trinajstić information content (AvgIpc) is 3.24. The van der Waals surface area contributed by atoms with Gasteiger partial charge in [0.2, 0.25) is 0 Å². The van der Waals surface area contributed by atoms with Crippen LogP contribution in [0.15, 0.2) is 27.8 Å². The molecule has 1 aromatic heterocycles. The van der Waals surface area contributed by atoms with Crippen molar-refractivity contribution in [2.24, 2.45) is 10.9 Å². The Labute approximate surface area is 151 Å². The van der Waals surface area contributed by atoms with Crippen LogP contribution in [0, 0.1) is 5.92 Å². The minimum atomic E-state index is -4.13. The monoisotopic (exact) mass is 376 g/mol. The number of furan rings is 1. The van der Waals surface area contributed by atoms with Gasteiger partial charge in [-0.25, -0.2) is 0 Å². The van der Waals surface area contributed by atoms with Crippen LogP contribution in [-0.4, -0.2) is 63.4 Å². The Morgan fingerprint density at radius 3 is 2.96 bits per heavy atom. The summed E-state index contributed by atoms with van der Waals surface area (Å²) in [5.41, 5.74) is 0. The van der Waals surface area contributed by atoms with Crippen LogP contribution in [0.5, 0.6) is 0 Å². The van der Waals surface area contributed by atoms with Gasteiger partial charge in [-0.1, -0.05) is 0 Å². The predicted octanol–water partition coefficient (Wildman–Crippen LogP) is 2.24. The van der Waals surface area contributed by atoms with Crippen molar-refractivity contribution >= 4 is 5.96 Å². The summed E-state index contributed by atoms with van der Waals surface area (Å²) in [6.07, 6.45) is -0.938. The minimum Gasteiger partial charge on any atom is -0.467 e. The summed E-state index contributed by atoms with van der Waals surface area (Å²) in [6, 6.07) is 3.69. The highest BCUT2D eigenvalue weighted by atomic mass is 19.4. The molecule has 9 heteroatoms. The number of alkyl halides is 3. The van der Waals surface area contributed by atoms with Crippen LogP contribution in [0.2, 0.25) is 0 Å². The smallest absolute Gasteiger partial charge is 0.401 e. The van der Waals surface area contributed by atoms with Crippen molar-refractivity contribution in [1.82, 2.24) is 15.5 Å². The molecule has 26 heavy (non-hydrogen) atoms. The van der Waals surface area contributed by atoms with E-state index in [4.69, 9.17) is 9.15 Å². The van der Waals surface area contributed by atoms with Gasteiger partial charge in [-0.15, -0.1) is 0 Å². The first-order chi connectivity index (χ1) is 12.5. The highest BCUT2D eigenvalue weighted by Gasteiger charge is 2.34. The van der Waals surface area contributed by atoms with Crippen molar-refractivity contribution < 1.29 is 22.3 Å². The maximum Gasteiger partial charge on any atom is 0.401 e. The zero-order valence-corrected chi connectivity index (χ0v) is 15.0. The third kappa shape index (κ3) is 8.09. The van der Waals surface area contributed by atoms with Gasteiger partial charge in [0, 0.05) is 33.3 Å². The molecule has 0 bridgehead atoms. The van der Waals surface area contributed by atoms with E-state index in [0.29, 0.717) is 45.4 Å². The first-order valence-electron chi connectivity index (χ1n) is 8.80. The molecule has 0 amide bonds. The number of likely N-dealkylation sites (tertiary alicyclic amines) is 1. The van der Waals surface area contributed by atoms with E-state index >= 15 is 0 Å². The average molecular weight is 376 g/mol. The van der Waals surface area contributed by atoms with Gasteiger partial charge in [0.05, 0.1) is 12.8 Å². The Bertz CT molecular complexity index is 535. The van der Waals surface area contributed by atoms with Gasteiger partial charge < -0.3 is 19.8 Å². The third-order valence-electron chi connectivity index (χ3n) is 4.14. The fourth-order valence-electron chi connectivity index (χ4n) is 2.89. The first kappa shape index (κ1) is 20.6. The van der Waals surface area contributed by atoms with Gasteiger partial charge in [0.1, 0.15) is 12.4 Å². The van der Waals surface area contributed by atoms with E-state index < -0.39 is 12.7 Å². The van der Waals surface area contributed by atoms with Crippen molar-refractivity contribution in [2.75, 3.05) is 46.4 Å². The fourth-order valence-corrected chi connectivity index (χ4v) is 2.89. The van der Waals surface area contributed by atoms with Gasteiger partial charge in [0.25, 0.3) is 0 Å². The molecule has 1 fully saturated rings. The van der Waals surface area contributed by atoms with Crippen LogP contribution in [-0.2, 0) is 11.3 Å². The van der Waals surface area contributed by atoms with Crippen LogP contribution >= 0.6 is 0 Å². The van der Waals surface area contributed by atoms with Crippen LogP contribution in [0.4, 0.5) is 13.2 Å². The number of ether oxygens (including phenoxy) is 1. The van der Waals surface area contributed by atoms with E-state index in [9.17, 15) is 13.2 Å². The number of hydrogen-bond donors (Lipinski definition) is 2. The Hall–Kier alpha value is -1.74. The van der Waals surface area contributed by atoms with Crippen molar-refractivity contribution in [3.63, 3.8) is 0 Å². The molecule has 0 spiro atoms. The molecule has 1 aliphatic rings. The molecule has 1 aromatic rings. The lowest BCUT2D eigenvalue weighted by molar-refractivity contribution is -0.143. The minimum absolute atomic E-state index is 0.201.